The molecular weight excluding hydrogens is 181 g/mol. The summed E-state index contributed by atoms with van der Waals surface area (Å²) in [4.78, 5) is 11.0. The van der Waals surface area contributed by atoms with Crippen LogP contribution in [0.5, 0.6) is 0 Å². The molecule has 0 saturated carbocycles. The fourth-order valence-electron chi connectivity index (χ4n) is 1.24. The Kier molecular flexibility index (Phi) is 1.54. The maximum atomic E-state index is 13.2. The zero-order chi connectivity index (χ0) is 8.72. The van der Waals surface area contributed by atoms with Crippen LogP contribution in [-0.4, -0.2) is 5.91 Å². The summed E-state index contributed by atoms with van der Waals surface area (Å²) in [7, 11) is 0. The molecule has 0 atom stereocenters. The van der Waals surface area contributed by atoms with E-state index >= 15 is 0 Å². The second kappa shape index (κ2) is 2.45. The van der Waals surface area contributed by atoms with E-state index in [9.17, 15) is 9.18 Å². The maximum Gasteiger partial charge on any atom is 0.252 e. The van der Waals surface area contributed by atoms with Crippen molar-refractivity contribution in [1.82, 2.24) is 5.32 Å². The third kappa shape index (κ3) is 0.898. The summed E-state index contributed by atoms with van der Waals surface area (Å²) >= 11 is 5.53. The summed E-state index contributed by atoms with van der Waals surface area (Å²) in [6.07, 6.45) is 0. The number of hydrogen-bond acceptors (Lipinski definition) is 1. The summed E-state index contributed by atoms with van der Waals surface area (Å²) in [6, 6.07) is 2.92. The van der Waals surface area contributed by atoms with Crippen molar-refractivity contribution in [3.05, 3.63) is 34.1 Å². The molecule has 2 nitrogen and oxygen atoms in total. The third-order valence-electron chi connectivity index (χ3n) is 1.87. The Hall–Kier alpha value is -1.09. The highest BCUT2D eigenvalue weighted by Gasteiger charge is 2.23. The van der Waals surface area contributed by atoms with E-state index in [2.05, 4.69) is 5.32 Å². The van der Waals surface area contributed by atoms with Gasteiger partial charge in [-0.1, -0.05) is 11.6 Å². The van der Waals surface area contributed by atoms with Gasteiger partial charge in [0.05, 0.1) is 5.02 Å². The molecule has 0 spiro atoms. The topological polar surface area (TPSA) is 29.1 Å². The highest BCUT2D eigenvalue weighted by atomic mass is 35.5. The molecule has 0 saturated heterocycles. The molecule has 0 unspecified atom stereocenters. The minimum atomic E-state index is -0.493. The van der Waals surface area contributed by atoms with Gasteiger partial charge in [-0.25, -0.2) is 4.39 Å². The van der Waals surface area contributed by atoms with Crippen LogP contribution in [0.25, 0.3) is 0 Å². The Labute approximate surface area is 73.3 Å². The van der Waals surface area contributed by atoms with Crippen molar-refractivity contribution in [1.29, 1.82) is 0 Å². The molecule has 12 heavy (non-hydrogen) atoms. The molecule has 1 N–H and O–H groups in total. The van der Waals surface area contributed by atoms with Gasteiger partial charge in [0.25, 0.3) is 5.91 Å². The predicted molar refractivity (Wildman–Crippen MR) is 42.6 cm³/mol. The van der Waals surface area contributed by atoms with E-state index < -0.39 is 5.82 Å². The summed E-state index contributed by atoms with van der Waals surface area (Å²) in [5.41, 5.74) is 0.754. The number of hydrogen-bond donors (Lipinski definition) is 1. The lowest BCUT2D eigenvalue weighted by molar-refractivity contribution is 0.0966. The smallest absolute Gasteiger partial charge is 0.252 e. The highest BCUT2D eigenvalue weighted by Crippen LogP contribution is 2.24. The summed E-state index contributed by atoms with van der Waals surface area (Å²) in [6.45, 7) is 0.237. The van der Waals surface area contributed by atoms with E-state index in [4.69, 9.17) is 11.6 Å². The van der Waals surface area contributed by atoms with Gasteiger partial charge in [0.15, 0.2) is 0 Å². The highest BCUT2D eigenvalue weighted by molar-refractivity contribution is 6.31. The molecule has 1 aliphatic heterocycles. The first kappa shape index (κ1) is 7.55. The summed E-state index contributed by atoms with van der Waals surface area (Å²) in [5, 5.41) is 2.58. The fourth-order valence-corrected chi connectivity index (χ4v) is 1.42. The van der Waals surface area contributed by atoms with Crippen molar-refractivity contribution in [2.45, 2.75) is 6.54 Å². The van der Waals surface area contributed by atoms with Crippen LogP contribution in [0.4, 0.5) is 4.39 Å². The molecule has 0 bridgehead atoms. The predicted octanol–water partition coefficient (Wildman–Crippen LogP) is 1.72. The minimum Gasteiger partial charge on any atom is -0.348 e. The van der Waals surface area contributed by atoms with Gasteiger partial charge >= 0.3 is 0 Å². The lowest BCUT2D eigenvalue weighted by Crippen LogP contribution is -2.12. The molecule has 1 heterocycles. The second-order valence-corrected chi connectivity index (χ2v) is 2.98. The Morgan fingerprint density at radius 3 is 3.00 bits per heavy atom. The van der Waals surface area contributed by atoms with Crippen LogP contribution in [-0.2, 0) is 6.54 Å². The number of carbonyl (C=O) groups excluding carboxylic acids is 1. The molecule has 0 radical (unpaired) electrons. The van der Waals surface area contributed by atoms with E-state index in [1.54, 1.807) is 0 Å². The van der Waals surface area contributed by atoms with Gasteiger partial charge in [0, 0.05) is 17.7 Å². The molecule has 0 fully saturated rings. The van der Waals surface area contributed by atoms with Gasteiger partial charge in [-0.15, -0.1) is 0 Å². The first-order chi connectivity index (χ1) is 5.70. The Morgan fingerprint density at radius 1 is 1.50 bits per heavy atom. The van der Waals surface area contributed by atoms with Crippen molar-refractivity contribution in [2.24, 2.45) is 0 Å². The Balaban J connectivity index is 2.68. The Bertz CT molecular complexity index is 364. The number of halogens is 2. The van der Waals surface area contributed by atoms with Crippen LogP contribution in [0.1, 0.15) is 15.9 Å². The number of benzene rings is 1. The van der Waals surface area contributed by atoms with E-state index in [0.29, 0.717) is 11.1 Å². The molecular formula is C8H5ClFNO. The normalized spacial score (nSPS) is 14.3. The number of carbonyl (C=O) groups is 1. The maximum absolute atomic E-state index is 13.2. The first-order valence-corrected chi connectivity index (χ1v) is 3.83. The second-order valence-electron chi connectivity index (χ2n) is 2.57. The number of nitrogens with one attached hydrogen (secondary N) is 1. The molecule has 0 aromatic heterocycles. The van der Waals surface area contributed by atoms with Crippen LogP contribution in [0, 0.1) is 5.82 Å². The average molecular weight is 186 g/mol. The monoisotopic (exact) mass is 185 g/mol. The third-order valence-corrected chi connectivity index (χ3v) is 2.16. The van der Waals surface area contributed by atoms with Crippen molar-refractivity contribution in [2.75, 3.05) is 0 Å². The molecule has 62 valence electrons. The molecule has 0 aliphatic carbocycles. The van der Waals surface area contributed by atoms with Crippen molar-refractivity contribution in [3.63, 3.8) is 0 Å². The number of rotatable bonds is 0. The quantitative estimate of drug-likeness (QED) is 0.655. The number of fused-ring (bicyclic) bond motifs is 1. The molecule has 1 amide bonds. The van der Waals surface area contributed by atoms with Gasteiger partial charge in [0.2, 0.25) is 0 Å². The van der Waals surface area contributed by atoms with Crippen molar-refractivity contribution < 1.29 is 9.18 Å². The van der Waals surface area contributed by atoms with Crippen molar-refractivity contribution in [3.8, 4) is 0 Å². The molecule has 4 heteroatoms. The summed E-state index contributed by atoms with van der Waals surface area (Å²) < 4.78 is 13.2. The van der Waals surface area contributed by atoms with E-state index in [1.807, 2.05) is 0 Å². The zero-order valence-electron chi connectivity index (χ0n) is 6.03. The van der Waals surface area contributed by atoms with E-state index in [0.717, 1.165) is 0 Å². The van der Waals surface area contributed by atoms with Gasteiger partial charge < -0.3 is 5.32 Å². The summed E-state index contributed by atoms with van der Waals surface area (Å²) in [5.74, 6) is -0.729. The van der Waals surface area contributed by atoms with Gasteiger partial charge in [-0.2, -0.15) is 0 Å². The van der Waals surface area contributed by atoms with Crippen molar-refractivity contribution >= 4 is 17.5 Å². The molecule has 1 aromatic carbocycles. The number of amides is 1. The Morgan fingerprint density at radius 2 is 2.25 bits per heavy atom. The van der Waals surface area contributed by atoms with E-state index in [-0.39, 0.29) is 17.5 Å². The van der Waals surface area contributed by atoms with Gasteiger partial charge in [-0.05, 0) is 12.1 Å². The van der Waals surface area contributed by atoms with Crippen LogP contribution in [0.2, 0.25) is 5.02 Å². The molecule has 1 aromatic rings. The fraction of sp³-hybridized carbons (Fsp3) is 0.125. The van der Waals surface area contributed by atoms with Crippen LogP contribution in [0.15, 0.2) is 12.1 Å². The van der Waals surface area contributed by atoms with E-state index in [1.165, 1.54) is 12.1 Å². The lowest BCUT2D eigenvalue weighted by Gasteiger charge is -1.98. The first-order valence-electron chi connectivity index (χ1n) is 3.45. The standard InChI is InChI=1S/C8H5ClFNO/c9-6-2-1-4-5(7(6)10)3-11-8(4)12/h1-2H,3H2,(H,11,12). The zero-order valence-corrected chi connectivity index (χ0v) is 6.78. The molecule has 1 aliphatic rings. The van der Waals surface area contributed by atoms with Gasteiger partial charge in [-0.3, -0.25) is 4.79 Å². The van der Waals surface area contributed by atoms with Crippen LogP contribution < -0.4 is 5.32 Å². The van der Waals surface area contributed by atoms with Crippen LogP contribution >= 0.6 is 11.6 Å². The van der Waals surface area contributed by atoms with Crippen LogP contribution in [0.3, 0.4) is 0 Å². The minimum absolute atomic E-state index is 0.0604. The average Bonchev–Trinajstić information content (AvgIpc) is 2.41. The lowest BCUT2D eigenvalue weighted by atomic mass is 10.1. The van der Waals surface area contributed by atoms with Gasteiger partial charge in [0.1, 0.15) is 5.82 Å². The largest absolute Gasteiger partial charge is 0.348 e. The molecule has 2 rings (SSSR count). The SMILES string of the molecule is O=C1NCc2c1ccc(Cl)c2F.